The number of benzene rings is 3. The molecular formula is C31H33F3IN3O2. The average molecular weight is 664 g/mol. The third-order valence-corrected chi connectivity index (χ3v) is 9.17. The molecule has 0 radical (unpaired) electrons. The van der Waals surface area contributed by atoms with E-state index in [1.807, 2.05) is 18.2 Å². The molecule has 0 bridgehead atoms. The first-order chi connectivity index (χ1) is 19.3. The summed E-state index contributed by atoms with van der Waals surface area (Å²) in [5.41, 5.74) is 2.03. The summed E-state index contributed by atoms with van der Waals surface area (Å²) in [5.74, 6) is 0.571. The summed E-state index contributed by atoms with van der Waals surface area (Å²) in [7, 11) is 0. The summed E-state index contributed by atoms with van der Waals surface area (Å²) in [6, 6.07) is 23.2. The number of carbonyl (C=O) groups excluding carboxylic acids is 1. The molecular weight excluding hydrogens is 630 g/mol. The quantitative estimate of drug-likeness (QED) is 0.167. The highest BCUT2D eigenvalue weighted by atomic mass is 127. The summed E-state index contributed by atoms with van der Waals surface area (Å²) in [6.45, 7) is 3.25. The van der Waals surface area contributed by atoms with Gasteiger partial charge in [-0.2, -0.15) is 13.2 Å². The number of anilines is 1. The molecule has 0 aromatic heterocycles. The van der Waals surface area contributed by atoms with E-state index in [0.717, 1.165) is 56.6 Å². The molecule has 2 fully saturated rings. The number of hydrogen-bond acceptors (Lipinski definition) is 4. The molecule has 3 aromatic carbocycles. The molecule has 2 heterocycles. The minimum Gasteiger partial charge on any atom is -0.490 e. The molecule has 0 spiro atoms. The molecule has 2 saturated heterocycles. The summed E-state index contributed by atoms with van der Waals surface area (Å²) in [5, 5.41) is 3.20. The number of likely N-dealkylation sites (tertiary alicyclic amines) is 1. The van der Waals surface area contributed by atoms with Crippen LogP contribution in [0.3, 0.4) is 0 Å². The van der Waals surface area contributed by atoms with E-state index in [1.54, 1.807) is 12.1 Å². The van der Waals surface area contributed by atoms with E-state index in [4.69, 9.17) is 4.74 Å². The molecule has 1 amide bonds. The van der Waals surface area contributed by atoms with Crippen LogP contribution >= 0.6 is 22.6 Å². The third kappa shape index (κ3) is 7.28. The van der Waals surface area contributed by atoms with E-state index in [-0.39, 0.29) is 18.1 Å². The second-order valence-corrected chi connectivity index (χ2v) is 11.6. The molecule has 3 aromatic rings. The van der Waals surface area contributed by atoms with Gasteiger partial charge in [-0.05, 0) is 60.9 Å². The lowest BCUT2D eigenvalue weighted by Crippen LogP contribution is -2.44. The number of rotatable bonds is 7. The van der Waals surface area contributed by atoms with Gasteiger partial charge in [0, 0.05) is 56.3 Å². The van der Waals surface area contributed by atoms with E-state index in [9.17, 15) is 18.0 Å². The number of carbonyl (C=O) groups is 1. The van der Waals surface area contributed by atoms with Crippen LogP contribution in [0.15, 0.2) is 78.9 Å². The molecule has 1 atom stereocenters. The van der Waals surface area contributed by atoms with E-state index < -0.39 is 11.7 Å². The second-order valence-electron chi connectivity index (χ2n) is 10.4. The van der Waals surface area contributed by atoms with Crippen molar-refractivity contribution in [3.8, 4) is 5.75 Å². The lowest BCUT2D eigenvalue weighted by molar-refractivity contribution is -0.137. The first-order valence-corrected chi connectivity index (χ1v) is 14.9. The SMILES string of the molecule is O=C(NC1CCN(C(I)c2ccccc2)CC1)c1cccc(OC2CCN(c3ccc(C(F)(F)F)cc3)CC2)c1. The molecule has 0 aliphatic carbocycles. The number of nitrogens with zero attached hydrogens (tertiary/aromatic N) is 2. The number of alkyl halides is 4. The van der Waals surface area contributed by atoms with Gasteiger partial charge in [0.25, 0.3) is 5.91 Å². The van der Waals surface area contributed by atoms with Crippen molar-refractivity contribution < 1.29 is 22.7 Å². The summed E-state index contributed by atoms with van der Waals surface area (Å²) in [6.07, 6.45) is -1.03. The van der Waals surface area contributed by atoms with E-state index >= 15 is 0 Å². The van der Waals surface area contributed by atoms with Crippen LogP contribution in [0.2, 0.25) is 0 Å². The molecule has 1 unspecified atom stereocenters. The van der Waals surface area contributed by atoms with Gasteiger partial charge in [-0.3, -0.25) is 9.69 Å². The van der Waals surface area contributed by atoms with Crippen molar-refractivity contribution in [1.82, 2.24) is 10.2 Å². The Bertz CT molecular complexity index is 1260. The van der Waals surface area contributed by atoms with Crippen molar-refractivity contribution in [2.75, 3.05) is 31.1 Å². The Kier molecular flexibility index (Phi) is 9.20. The topological polar surface area (TPSA) is 44.8 Å². The van der Waals surface area contributed by atoms with Crippen LogP contribution in [-0.4, -0.2) is 49.1 Å². The zero-order valence-corrected chi connectivity index (χ0v) is 24.3. The predicted octanol–water partition coefficient (Wildman–Crippen LogP) is 7.08. The maximum absolute atomic E-state index is 13.0. The average Bonchev–Trinajstić information content (AvgIpc) is 2.98. The molecule has 1 N–H and O–H groups in total. The third-order valence-electron chi connectivity index (χ3n) is 7.66. The van der Waals surface area contributed by atoms with Crippen LogP contribution in [0.25, 0.3) is 0 Å². The van der Waals surface area contributed by atoms with Crippen molar-refractivity contribution in [3.05, 3.63) is 95.6 Å². The van der Waals surface area contributed by atoms with Gasteiger partial charge < -0.3 is 15.0 Å². The summed E-state index contributed by atoms with van der Waals surface area (Å²) in [4.78, 5) is 17.6. The van der Waals surface area contributed by atoms with Gasteiger partial charge in [0.05, 0.1) is 9.61 Å². The van der Waals surface area contributed by atoms with E-state index in [0.29, 0.717) is 28.5 Å². The number of ether oxygens (including phenoxy) is 1. The smallest absolute Gasteiger partial charge is 0.416 e. The molecule has 9 heteroatoms. The molecule has 5 rings (SSSR count). The minimum absolute atomic E-state index is 0.0147. The highest BCUT2D eigenvalue weighted by Gasteiger charge is 2.30. The normalized spacial score (nSPS) is 18.4. The first-order valence-electron chi connectivity index (χ1n) is 13.7. The van der Waals surface area contributed by atoms with Crippen LogP contribution in [0, 0.1) is 0 Å². The number of amides is 1. The molecule has 2 aliphatic heterocycles. The Morgan fingerprint density at radius 2 is 1.55 bits per heavy atom. The van der Waals surface area contributed by atoms with Crippen molar-refractivity contribution in [1.29, 1.82) is 0 Å². The van der Waals surface area contributed by atoms with Crippen LogP contribution in [0.1, 0.15) is 51.2 Å². The highest BCUT2D eigenvalue weighted by molar-refractivity contribution is 14.1. The molecule has 212 valence electrons. The Hall–Kier alpha value is -2.79. The van der Waals surface area contributed by atoms with Crippen molar-refractivity contribution in [2.45, 2.75) is 48.1 Å². The Labute approximate surface area is 246 Å². The van der Waals surface area contributed by atoms with E-state index in [2.05, 4.69) is 62.0 Å². The van der Waals surface area contributed by atoms with Crippen molar-refractivity contribution in [2.24, 2.45) is 0 Å². The van der Waals surface area contributed by atoms with Gasteiger partial charge in [0.1, 0.15) is 11.9 Å². The minimum atomic E-state index is -4.33. The molecule has 2 aliphatic rings. The Morgan fingerprint density at radius 3 is 2.20 bits per heavy atom. The molecule has 40 heavy (non-hydrogen) atoms. The number of halogens is 4. The number of piperidine rings is 2. The number of hydrogen-bond donors (Lipinski definition) is 1. The lowest BCUT2D eigenvalue weighted by atomic mass is 10.0. The van der Waals surface area contributed by atoms with Gasteiger partial charge >= 0.3 is 6.18 Å². The largest absolute Gasteiger partial charge is 0.490 e. The van der Waals surface area contributed by atoms with Gasteiger partial charge in [-0.15, -0.1) is 0 Å². The summed E-state index contributed by atoms with van der Waals surface area (Å²) >= 11 is 2.49. The fraction of sp³-hybridized carbons (Fsp3) is 0.387. The van der Waals surface area contributed by atoms with Crippen LogP contribution < -0.4 is 15.0 Å². The zero-order chi connectivity index (χ0) is 28.1. The van der Waals surface area contributed by atoms with Crippen LogP contribution in [0.5, 0.6) is 5.75 Å². The maximum atomic E-state index is 13.0. The fourth-order valence-electron chi connectivity index (χ4n) is 5.36. The zero-order valence-electron chi connectivity index (χ0n) is 22.1. The van der Waals surface area contributed by atoms with Crippen LogP contribution in [0.4, 0.5) is 18.9 Å². The maximum Gasteiger partial charge on any atom is 0.416 e. The lowest BCUT2D eigenvalue weighted by Gasteiger charge is -2.35. The van der Waals surface area contributed by atoms with Gasteiger partial charge in [-0.1, -0.05) is 59.0 Å². The molecule has 5 nitrogen and oxygen atoms in total. The predicted molar refractivity (Wildman–Crippen MR) is 159 cm³/mol. The van der Waals surface area contributed by atoms with Gasteiger partial charge in [0.15, 0.2) is 0 Å². The Morgan fingerprint density at radius 1 is 0.875 bits per heavy atom. The van der Waals surface area contributed by atoms with Crippen molar-refractivity contribution in [3.63, 3.8) is 0 Å². The first kappa shape index (κ1) is 28.7. The second kappa shape index (κ2) is 12.8. The monoisotopic (exact) mass is 663 g/mol. The molecule has 0 saturated carbocycles. The Balaban J connectivity index is 1.08. The van der Waals surface area contributed by atoms with Gasteiger partial charge in [0.2, 0.25) is 0 Å². The highest BCUT2D eigenvalue weighted by Crippen LogP contribution is 2.32. The summed E-state index contributed by atoms with van der Waals surface area (Å²) < 4.78 is 45.1. The van der Waals surface area contributed by atoms with Gasteiger partial charge in [-0.25, -0.2) is 0 Å². The van der Waals surface area contributed by atoms with Crippen LogP contribution in [-0.2, 0) is 6.18 Å². The van der Waals surface area contributed by atoms with Crippen molar-refractivity contribution >= 4 is 34.2 Å². The fourth-order valence-corrected chi connectivity index (χ4v) is 6.33. The van der Waals surface area contributed by atoms with E-state index in [1.165, 1.54) is 17.7 Å². The standard InChI is InChI=1S/C31H33F3IN3O2/c32-31(33,34)24-9-11-26(12-10-24)37-19-15-27(16-20-37)40-28-8-4-7-23(21-28)30(39)36-25-13-17-38(18-14-25)29(35)22-5-2-1-3-6-22/h1-12,21,25,27,29H,13-20H2,(H,36,39). The number of nitrogens with one attached hydrogen (secondary N) is 1.